The number of carbonyl (C=O) groups excluding carboxylic acids is 2. The number of urea groups is 1. The molecule has 2 aromatic heterocycles. The highest BCUT2D eigenvalue weighted by Crippen LogP contribution is 2.42. The Morgan fingerprint density at radius 3 is 2.80 bits per heavy atom. The molecule has 1 aliphatic heterocycles. The average Bonchev–Trinajstić information content (AvgIpc) is 3.33. The van der Waals surface area contributed by atoms with Crippen molar-refractivity contribution in [3.63, 3.8) is 0 Å². The quantitative estimate of drug-likeness (QED) is 0.474. The zero-order valence-electron chi connectivity index (χ0n) is 12.5. The van der Waals surface area contributed by atoms with E-state index in [9.17, 15) is 14.7 Å². The van der Waals surface area contributed by atoms with Crippen LogP contribution < -0.4 is 10.6 Å². The summed E-state index contributed by atoms with van der Waals surface area (Å²) in [5.41, 5.74) is 6.58. The number of tetrazole rings is 1. The Morgan fingerprint density at radius 1 is 1.32 bits per heavy atom. The number of aliphatic hydroxyl groups is 1. The van der Waals surface area contributed by atoms with Crippen LogP contribution in [0.5, 0.6) is 0 Å². The lowest BCUT2D eigenvalue weighted by atomic mass is 10.0. The van der Waals surface area contributed by atoms with Crippen LogP contribution in [0.1, 0.15) is 10.4 Å². The Morgan fingerprint density at radius 2 is 2.16 bits per heavy atom. The number of nitrogens with zero attached hydrogens (tertiary/aromatic N) is 4. The SMILES string of the molecule is NC(=O)N1C(=O)/C(=C(/O)c2cccs2)c2cc(-c3nn[nH]n3)ccc21. The number of nitrogens with two attached hydrogens (primary N) is 1. The molecule has 4 rings (SSSR count). The average molecular weight is 354 g/mol. The summed E-state index contributed by atoms with van der Waals surface area (Å²) in [5, 5.41) is 26.0. The normalized spacial score (nSPS) is 15.4. The van der Waals surface area contributed by atoms with Crippen LogP contribution in [-0.2, 0) is 4.79 Å². The largest absolute Gasteiger partial charge is 0.506 e. The molecule has 0 saturated carbocycles. The van der Waals surface area contributed by atoms with E-state index in [2.05, 4.69) is 20.6 Å². The number of aromatic nitrogens is 4. The van der Waals surface area contributed by atoms with E-state index in [4.69, 9.17) is 5.73 Å². The lowest BCUT2D eigenvalue weighted by Crippen LogP contribution is -2.37. The highest BCUT2D eigenvalue weighted by Gasteiger charge is 2.38. The van der Waals surface area contributed by atoms with Crippen molar-refractivity contribution >= 4 is 40.3 Å². The Kier molecular flexibility index (Phi) is 3.32. The molecule has 25 heavy (non-hydrogen) atoms. The monoisotopic (exact) mass is 354 g/mol. The smallest absolute Gasteiger partial charge is 0.326 e. The summed E-state index contributed by atoms with van der Waals surface area (Å²) in [5.74, 6) is -0.573. The molecule has 3 heterocycles. The van der Waals surface area contributed by atoms with E-state index in [0.717, 1.165) is 4.90 Å². The van der Waals surface area contributed by atoms with E-state index in [1.807, 2.05) is 0 Å². The summed E-state index contributed by atoms with van der Waals surface area (Å²) < 4.78 is 0. The summed E-state index contributed by atoms with van der Waals surface area (Å²) in [6.45, 7) is 0. The maximum atomic E-state index is 12.7. The third-order valence-corrected chi connectivity index (χ3v) is 4.62. The number of primary amides is 1. The number of H-pyrrole nitrogens is 1. The molecule has 10 heteroatoms. The second-order valence-electron chi connectivity index (χ2n) is 5.15. The van der Waals surface area contributed by atoms with Crippen LogP contribution in [0.3, 0.4) is 0 Å². The standard InChI is InChI=1S/C15H10N6O3S/c16-15(24)21-9-4-3-7(13-17-19-20-18-13)6-8(9)11(14(21)23)12(22)10-2-1-5-25-10/h1-6,22H,(H2,16,24)(H,17,18,19,20)/b12-11+. The molecule has 4 N–H and O–H groups in total. The number of aromatic amines is 1. The first-order valence-electron chi connectivity index (χ1n) is 7.07. The van der Waals surface area contributed by atoms with Crippen LogP contribution >= 0.6 is 11.3 Å². The van der Waals surface area contributed by atoms with Gasteiger partial charge in [-0.3, -0.25) is 4.79 Å². The fourth-order valence-electron chi connectivity index (χ4n) is 2.68. The molecule has 3 aromatic rings. The van der Waals surface area contributed by atoms with Crippen molar-refractivity contribution < 1.29 is 14.7 Å². The number of aliphatic hydroxyl groups excluding tert-OH is 1. The number of fused-ring (bicyclic) bond motifs is 1. The zero-order chi connectivity index (χ0) is 17.6. The second-order valence-corrected chi connectivity index (χ2v) is 6.09. The van der Waals surface area contributed by atoms with Gasteiger partial charge in [0.25, 0.3) is 5.91 Å². The fraction of sp³-hybridized carbons (Fsp3) is 0. The molecule has 0 aliphatic carbocycles. The summed E-state index contributed by atoms with van der Waals surface area (Å²) in [7, 11) is 0. The van der Waals surface area contributed by atoms with Gasteiger partial charge in [-0.05, 0) is 34.9 Å². The third kappa shape index (κ3) is 2.27. The van der Waals surface area contributed by atoms with Gasteiger partial charge in [-0.15, -0.1) is 21.5 Å². The Balaban J connectivity index is 1.96. The first-order chi connectivity index (χ1) is 12.1. The second kappa shape index (κ2) is 5.53. The molecule has 0 spiro atoms. The molecule has 124 valence electrons. The number of hydrogen-bond acceptors (Lipinski definition) is 7. The predicted octanol–water partition coefficient (Wildman–Crippen LogP) is 1.78. The number of carbonyl (C=O) groups is 2. The summed E-state index contributed by atoms with van der Waals surface area (Å²) >= 11 is 1.27. The minimum absolute atomic E-state index is 0.00148. The number of nitrogens with one attached hydrogen (secondary N) is 1. The van der Waals surface area contributed by atoms with Crippen LogP contribution in [0.15, 0.2) is 35.7 Å². The van der Waals surface area contributed by atoms with E-state index in [1.165, 1.54) is 11.3 Å². The summed E-state index contributed by atoms with van der Waals surface area (Å²) in [6.07, 6.45) is 0. The topological polar surface area (TPSA) is 138 Å². The molecule has 0 saturated heterocycles. The molecular formula is C15H10N6O3S. The van der Waals surface area contributed by atoms with E-state index in [0.29, 0.717) is 27.5 Å². The van der Waals surface area contributed by atoms with Gasteiger partial charge in [0, 0.05) is 11.1 Å². The van der Waals surface area contributed by atoms with Gasteiger partial charge >= 0.3 is 6.03 Å². The van der Waals surface area contributed by atoms with Gasteiger partial charge in [-0.1, -0.05) is 6.07 Å². The predicted molar refractivity (Wildman–Crippen MR) is 90.4 cm³/mol. The Hall–Kier alpha value is -3.53. The highest BCUT2D eigenvalue weighted by atomic mass is 32.1. The minimum atomic E-state index is -0.924. The van der Waals surface area contributed by atoms with Gasteiger partial charge < -0.3 is 10.8 Å². The molecule has 0 radical (unpaired) electrons. The number of thiophene rings is 1. The first kappa shape index (κ1) is 15.0. The van der Waals surface area contributed by atoms with E-state index in [-0.39, 0.29) is 11.3 Å². The van der Waals surface area contributed by atoms with Crippen molar-refractivity contribution in [3.05, 3.63) is 46.2 Å². The van der Waals surface area contributed by atoms with Crippen molar-refractivity contribution in [2.75, 3.05) is 4.90 Å². The number of benzene rings is 1. The van der Waals surface area contributed by atoms with Crippen LogP contribution in [0.25, 0.3) is 22.7 Å². The van der Waals surface area contributed by atoms with Crippen molar-refractivity contribution in [2.45, 2.75) is 0 Å². The highest BCUT2D eigenvalue weighted by molar-refractivity contribution is 7.11. The van der Waals surface area contributed by atoms with Gasteiger partial charge in [-0.2, -0.15) is 5.21 Å². The van der Waals surface area contributed by atoms with Crippen LogP contribution in [0.4, 0.5) is 10.5 Å². The van der Waals surface area contributed by atoms with Crippen molar-refractivity contribution in [1.82, 2.24) is 20.6 Å². The van der Waals surface area contributed by atoms with E-state index >= 15 is 0 Å². The number of rotatable bonds is 2. The Labute approximate surface area is 144 Å². The van der Waals surface area contributed by atoms with E-state index < -0.39 is 11.9 Å². The summed E-state index contributed by atoms with van der Waals surface area (Å²) in [6, 6.07) is 7.30. The number of amides is 3. The molecule has 9 nitrogen and oxygen atoms in total. The molecular weight excluding hydrogens is 344 g/mol. The number of hydrogen-bond donors (Lipinski definition) is 3. The molecule has 0 bridgehead atoms. The van der Waals surface area contributed by atoms with Gasteiger partial charge in [0.05, 0.1) is 16.1 Å². The molecule has 0 unspecified atom stereocenters. The van der Waals surface area contributed by atoms with Crippen molar-refractivity contribution in [2.24, 2.45) is 5.73 Å². The molecule has 0 fully saturated rings. The first-order valence-corrected chi connectivity index (χ1v) is 7.95. The van der Waals surface area contributed by atoms with Gasteiger partial charge in [0.2, 0.25) is 5.82 Å². The van der Waals surface area contributed by atoms with Gasteiger partial charge in [0.15, 0.2) is 0 Å². The lowest BCUT2D eigenvalue weighted by molar-refractivity contribution is -0.112. The van der Waals surface area contributed by atoms with Crippen LogP contribution in [0, 0.1) is 0 Å². The lowest BCUT2D eigenvalue weighted by Gasteiger charge is -2.11. The maximum Gasteiger partial charge on any atom is 0.326 e. The fourth-order valence-corrected chi connectivity index (χ4v) is 3.35. The Bertz CT molecular complexity index is 1010. The van der Waals surface area contributed by atoms with Crippen molar-refractivity contribution in [1.29, 1.82) is 0 Å². The number of anilines is 1. The van der Waals surface area contributed by atoms with Gasteiger partial charge in [-0.25, -0.2) is 9.69 Å². The van der Waals surface area contributed by atoms with Gasteiger partial charge in [0.1, 0.15) is 5.76 Å². The van der Waals surface area contributed by atoms with Crippen molar-refractivity contribution in [3.8, 4) is 11.4 Å². The van der Waals surface area contributed by atoms with Crippen LogP contribution in [-0.4, -0.2) is 37.7 Å². The summed E-state index contributed by atoms with van der Waals surface area (Å²) in [4.78, 5) is 25.8. The molecule has 1 aromatic carbocycles. The zero-order valence-corrected chi connectivity index (χ0v) is 13.3. The molecule has 0 atom stereocenters. The maximum absolute atomic E-state index is 12.7. The minimum Gasteiger partial charge on any atom is -0.506 e. The molecule has 1 aliphatic rings. The number of imide groups is 1. The third-order valence-electron chi connectivity index (χ3n) is 3.74. The van der Waals surface area contributed by atoms with Crippen LogP contribution in [0.2, 0.25) is 0 Å². The molecule has 3 amide bonds. The van der Waals surface area contributed by atoms with E-state index in [1.54, 1.807) is 35.7 Å².